The third-order valence-electron chi connectivity index (χ3n) is 12.9. The predicted octanol–water partition coefficient (Wildman–Crippen LogP) is 2.12. The number of cyclic esters (lactones) is 1. The van der Waals surface area contributed by atoms with Gasteiger partial charge >= 0.3 is 5.97 Å². The van der Waals surface area contributed by atoms with E-state index in [1.165, 1.54) is 17.8 Å². The molecular formula is C31H41NO9S. The minimum atomic E-state index is -1.78. The maximum atomic E-state index is 13.3. The Hall–Kier alpha value is -1.34. The zero-order chi connectivity index (χ0) is 29.3. The molecule has 0 aromatic heterocycles. The summed E-state index contributed by atoms with van der Waals surface area (Å²) in [7, 11) is 0. The predicted molar refractivity (Wildman–Crippen MR) is 150 cm³/mol. The van der Waals surface area contributed by atoms with Crippen molar-refractivity contribution >= 4 is 30.2 Å². The average molecular weight is 604 g/mol. The highest BCUT2D eigenvalue weighted by molar-refractivity contribution is 8.01. The highest BCUT2D eigenvalue weighted by Gasteiger charge is 2.74. The summed E-state index contributed by atoms with van der Waals surface area (Å²) in [5.41, 5.74) is -1.98. The van der Waals surface area contributed by atoms with Gasteiger partial charge in [-0.3, -0.25) is 4.99 Å². The van der Waals surface area contributed by atoms with Crippen molar-refractivity contribution in [3.05, 3.63) is 11.6 Å². The van der Waals surface area contributed by atoms with E-state index in [1.807, 2.05) is 20.1 Å². The van der Waals surface area contributed by atoms with Gasteiger partial charge < -0.3 is 39.1 Å². The molecule has 0 aromatic carbocycles. The quantitative estimate of drug-likeness (QED) is 0.244. The molecule has 4 saturated carbocycles. The van der Waals surface area contributed by atoms with E-state index in [1.54, 1.807) is 0 Å². The standard InChI is InChI=1S/C31H41NO9S/c1-16-12-29(32-7-8-42-29)31(37)26(39-16)40-22-10-18-3-4-20-19(28(18,15-33)13-23(22)41-31)5-6-27(2)21(11-24(34)30(20,27)36)17-9-25(35)38-14-17/h7,9,15-16,18-24,26,34,36-37H,3-6,8,10-14H2,1-2H3/t16-,18+,19+,20-,21-,22-,23-,24-,26+,27-,28-,29+,30-,31-/m1/s1. The van der Waals surface area contributed by atoms with Crippen LogP contribution in [0.4, 0.5) is 0 Å². The second-order valence-electron chi connectivity index (χ2n) is 14.5. The first-order valence-electron chi connectivity index (χ1n) is 15.6. The average Bonchev–Trinajstić information content (AvgIpc) is 3.66. The lowest BCUT2D eigenvalue weighted by molar-refractivity contribution is -0.445. The fraction of sp³-hybridized carbons (Fsp3) is 0.839. The number of ether oxygens (including phenoxy) is 4. The maximum absolute atomic E-state index is 13.3. The highest BCUT2D eigenvalue weighted by atomic mass is 32.2. The number of carbonyl (C=O) groups excluding carboxylic acids is 2. The molecule has 8 aliphatic rings. The number of hydrogen-bond acceptors (Lipinski definition) is 11. The molecule has 0 radical (unpaired) electrons. The fourth-order valence-corrected chi connectivity index (χ4v) is 12.3. The Bertz CT molecular complexity index is 1260. The summed E-state index contributed by atoms with van der Waals surface area (Å²) in [5, 5.41) is 36.2. The normalized spacial score (nSPS) is 57.9. The molecule has 0 bridgehead atoms. The van der Waals surface area contributed by atoms with Crippen molar-refractivity contribution in [2.45, 2.75) is 112 Å². The van der Waals surface area contributed by atoms with E-state index in [0.717, 1.165) is 24.7 Å². The zero-order valence-electron chi connectivity index (χ0n) is 24.1. The Morgan fingerprint density at radius 2 is 1.93 bits per heavy atom. The molecule has 230 valence electrons. The number of esters is 1. The Morgan fingerprint density at radius 3 is 2.64 bits per heavy atom. The van der Waals surface area contributed by atoms with E-state index >= 15 is 0 Å². The van der Waals surface area contributed by atoms with Gasteiger partial charge in [0.2, 0.25) is 6.29 Å². The maximum Gasteiger partial charge on any atom is 0.331 e. The number of aldehydes is 1. The van der Waals surface area contributed by atoms with Gasteiger partial charge in [0.05, 0.1) is 30.0 Å². The summed E-state index contributed by atoms with van der Waals surface area (Å²) in [5.74, 6) is -2.05. The van der Waals surface area contributed by atoms with Crippen LogP contribution in [0.25, 0.3) is 0 Å². The van der Waals surface area contributed by atoms with Crippen LogP contribution in [-0.4, -0.2) is 93.1 Å². The molecule has 3 N–H and O–H groups in total. The van der Waals surface area contributed by atoms with Gasteiger partial charge in [-0.1, -0.05) is 6.92 Å². The van der Waals surface area contributed by atoms with Crippen molar-refractivity contribution in [2.24, 2.45) is 39.5 Å². The van der Waals surface area contributed by atoms with Crippen LogP contribution in [0.3, 0.4) is 0 Å². The van der Waals surface area contributed by atoms with Crippen molar-refractivity contribution in [1.82, 2.24) is 0 Å². The molecule has 8 rings (SSSR count). The highest BCUT2D eigenvalue weighted by Crippen LogP contribution is 2.70. The van der Waals surface area contributed by atoms with Gasteiger partial charge in [-0.05, 0) is 81.1 Å². The van der Waals surface area contributed by atoms with Crippen LogP contribution >= 0.6 is 11.8 Å². The van der Waals surface area contributed by atoms with E-state index in [2.05, 4.69) is 0 Å². The Kier molecular flexibility index (Phi) is 6.11. The van der Waals surface area contributed by atoms with Gasteiger partial charge in [-0.25, -0.2) is 4.79 Å². The number of aliphatic imine (C=N–C) groups is 1. The summed E-state index contributed by atoms with van der Waals surface area (Å²) in [4.78, 5) is 29.0. The van der Waals surface area contributed by atoms with E-state index in [0.29, 0.717) is 44.3 Å². The van der Waals surface area contributed by atoms with Crippen LogP contribution in [0.2, 0.25) is 0 Å². The molecule has 4 heterocycles. The SMILES string of the molecule is C[C@@H]1C[C@@]2(N=CCS2)[C@]2(O)O[C@@H]3C[C@@]4(C=O)[C@@H](CC[C@@H]5[C@@H]4CC[C@]4(C)[C@@H](C6=CC(=O)OC6)C[C@@H](O)[C@]54O)C[C@H]3O[C@@H]2O1. The number of aliphatic hydroxyl groups excluding tert-OH is 1. The molecule has 1 spiro atoms. The molecule has 0 aromatic rings. The number of thioether (sulfide) groups is 1. The Labute approximate surface area is 249 Å². The Morgan fingerprint density at radius 1 is 1.10 bits per heavy atom. The lowest BCUT2D eigenvalue weighted by Gasteiger charge is -2.65. The first-order valence-corrected chi connectivity index (χ1v) is 16.6. The first kappa shape index (κ1) is 28.2. The zero-order valence-corrected chi connectivity index (χ0v) is 25.0. The summed E-state index contributed by atoms with van der Waals surface area (Å²) in [6, 6.07) is 0. The van der Waals surface area contributed by atoms with E-state index in [-0.39, 0.29) is 48.5 Å². The summed E-state index contributed by atoms with van der Waals surface area (Å²) >= 11 is 1.54. The van der Waals surface area contributed by atoms with Crippen molar-refractivity contribution in [2.75, 3.05) is 12.4 Å². The van der Waals surface area contributed by atoms with Crippen LogP contribution in [-0.2, 0) is 28.5 Å². The third-order valence-corrected chi connectivity index (χ3v) is 14.3. The van der Waals surface area contributed by atoms with Crippen LogP contribution in [0.1, 0.15) is 65.2 Å². The van der Waals surface area contributed by atoms with Crippen LogP contribution < -0.4 is 0 Å². The number of fused-ring (bicyclic) bond motifs is 8. The van der Waals surface area contributed by atoms with Crippen molar-refractivity contribution in [3.8, 4) is 0 Å². The summed E-state index contributed by atoms with van der Waals surface area (Å²) in [6.07, 6.45) is 6.09. The minimum absolute atomic E-state index is 0.0343. The number of aliphatic hydroxyl groups is 3. The molecule has 6 fully saturated rings. The molecule has 0 amide bonds. The third kappa shape index (κ3) is 3.36. The minimum Gasteiger partial charge on any atom is -0.458 e. The lowest BCUT2D eigenvalue weighted by atomic mass is 9.42. The number of carbonyl (C=O) groups is 2. The van der Waals surface area contributed by atoms with Crippen LogP contribution in [0, 0.1) is 34.5 Å². The number of nitrogens with zero attached hydrogens (tertiary/aromatic N) is 1. The van der Waals surface area contributed by atoms with Gasteiger partial charge in [-0.15, -0.1) is 11.8 Å². The largest absolute Gasteiger partial charge is 0.458 e. The molecule has 11 heteroatoms. The second kappa shape index (κ2) is 9.11. The van der Waals surface area contributed by atoms with E-state index in [4.69, 9.17) is 23.9 Å². The number of hydrogen-bond donors (Lipinski definition) is 3. The summed E-state index contributed by atoms with van der Waals surface area (Å²) < 4.78 is 24.4. The van der Waals surface area contributed by atoms with Crippen molar-refractivity contribution in [1.29, 1.82) is 0 Å². The molecular weight excluding hydrogens is 562 g/mol. The van der Waals surface area contributed by atoms with E-state index in [9.17, 15) is 24.9 Å². The second-order valence-corrected chi connectivity index (χ2v) is 15.8. The molecule has 4 aliphatic carbocycles. The molecule has 10 nitrogen and oxygen atoms in total. The Balaban J connectivity index is 1.12. The van der Waals surface area contributed by atoms with Gasteiger partial charge in [0.25, 0.3) is 5.79 Å². The topological polar surface area (TPSA) is 144 Å². The molecule has 42 heavy (non-hydrogen) atoms. The van der Waals surface area contributed by atoms with Crippen LogP contribution in [0.15, 0.2) is 16.6 Å². The van der Waals surface area contributed by atoms with Gasteiger partial charge in [0, 0.05) is 35.3 Å². The molecule has 0 unspecified atom stereocenters. The number of rotatable bonds is 2. The first-order chi connectivity index (χ1) is 20.0. The van der Waals surface area contributed by atoms with E-state index < -0.39 is 45.6 Å². The van der Waals surface area contributed by atoms with Crippen molar-refractivity contribution < 1.29 is 43.9 Å². The monoisotopic (exact) mass is 603 g/mol. The summed E-state index contributed by atoms with van der Waals surface area (Å²) in [6.45, 7) is 4.21. The fourth-order valence-electron chi connectivity index (χ4n) is 11.0. The molecule has 2 saturated heterocycles. The van der Waals surface area contributed by atoms with Crippen molar-refractivity contribution in [3.63, 3.8) is 0 Å². The molecule has 4 aliphatic heterocycles. The molecule has 14 atom stereocenters. The van der Waals surface area contributed by atoms with Gasteiger partial charge in [0.15, 0.2) is 4.87 Å². The lowest BCUT2D eigenvalue weighted by Crippen LogP contribution is -2.73. The van der Waals surface area contributed by atoms with Gasteiger partial charge in [-0.2, -0.15) is 0 Å². The smallest absolute Gasteiger partial charge is 0.331 e. The van der Waals surface area contributed by atoms with Crippen LogP contribution in [0.5, 0.6) is 0 Å². The van der Waals surface area contributed by atoms with Gasteiger partial charge in [0.1, 0.15) is 12.9 Å².